The lowest BCUT2D eigenvalue weighted by atomic mass is 10.5. The summed E-state index contributed by atoms with van der Waals surface area (Å²) in [5.41, 5.74) is 0. The molecular formula is C6H3BrClF2NOS. The minimum Gasteiger partial charge on any atom is -0.432 e. The van der Waals surface area contributed by atoms with Gasteiger partial charge in [0.1, 0.15) is 4.60 Å². The molecule has 0 amide bonds. The highest BCUT2D eigenvalue weighted by molar-refractivity contribution is 9.10. The number of hydrogen-bond donors (Lipinski definition) is 0. The van der Waals surface area contributed by atoms with E-state index < -0.39 is 6.61 Å². The molecule has 1 rings (SSSR count). The van der Waals surface area contributed by atoms with Gasteiger partial charge in [-0.3, -0.25) is 0 Å². The lowest BCUT2D eigenvalue weighted by molar-refractivity contribution is -0.0520. The lowest BCUT2D eigenvalue weighted by Crippen LogP contribution is -2.03. The molecule has 0 bridgehead atoms. The number of pyridine rings is 1. The summed E-state index contributed by atoms with van der Waals surface area (Å²) in [6, 6.07) is 2.86. The lowest BCUT2D eigenvalue weighted by Gasteiger charge is -2.06. The Morgan fingerprint density at radius 2 is 2.23 bits per heavy atom. The van der Waals surface area contributed by atoms with Crippen LogP contribution in [0.4, 0.5) is 8.78 Å². The molecule has 72 valence electrons. The highest BCUT2D eigenvalue weighted by Crippen LogP contribution is 2.32. The summed E-state index contributed by atoms with van der Waals surface area (Å²) in [7, 11) is 6.12. The maximum absolute atomic E-state index is 11.8. The summed E-state index contributed by atoms with van der Waals surface area (Å²) in [6.45, 7) is -2.87. The van der Waals surface area contributed by atoms with Gasteiger partial charge in [-0.15, -0.1) is 0 Å². The molecule has 0 fully saturated rings. The van der Waals surface area contributed by atoms with Crippen molar-refractivity contribution in [3.05, 3.63) is 16.7 Å². The quantitative estimate of drug-likeness (QED) is 0.793. The van der Waals surface area contributed by atoms with Crippen LogP contribution in [0.3, 0.4) is 0 Å². The summed E-state index contributed by atoms with van der Waals surface area (Å²) < 4.78 is 28.3. The second-order valence-corrected chi connectivity index (χ2v) is 3.71. The summed E-state index contributed by atoms with van der Waals surface area (Å²) in [6.07, 6.45) is 0. The maximum atomic E-state index is 11.8. The molecule has 1 heterocycles. The molecule has 0 saturated carbocycles. The average molecular weight is 291 g/mol. The predicted molar refractivity (Wildman–Crippen MR) is 50.3 cm³/mol. The molecule has 0 N–H and O–H groups in total. The molecule has 1 aromatic rings. The highest BCUT2D eigenvalue weighted by Gasteiger charge is 2.11. The van der Waals surface area contributed by atoms with E-state index in [2.05, 4.69) is 25.7 Å². The molecule has 0 aliphatic rings. The van der Waals surface area contributed by atoms with E-state index in [0.717, 1.165) is 11.0 Å². The van der Waals surface area contributed by atoms with Gasteiger partial charge in [0.05, 0.1) is 0 Å². The van der Waals surface area contributed by atoms with Crippen LogP contribution in [0.1, 0.15) is 0 Å². The van der Waals surface area contributed by atoms with E-state index in [9.17, 15) is 8.78 Å². The molecule has 2 nitrogen and oxygen atoms in total. The van der Waals surface area contributed by atoms with Crippen molar-refractivity contribution in [3.8, 4) is 5.75 Å². The van der Waals surface area contributed by atoms with E-state index in [4.69, 9.17) is 10.7 Å². The minimum atomic E-state index is -2.87. The van der Waals surface area contributed by atoms with Crippen molar-refractivity contribution in [1.29, 1.82) is 0 Å². The first-order valence-electron chi connectivity index (χ1n) is 3.03. The molecule has 0 aliphatic carbocycles. The first-order valence-corrected chi connectivity index (χ1v) is 5.47. The summed E-state index contributed by atoms with van der Waals surface area (Å²) in [5, 5.41) is 0.205. The van der Waals surface area contributed by atoms with Gasteiger partial charge in [-0.2, -0.15) is 8.78 Å². The Labute approximate surface area is 90.3 Å². The van der Waals surface area contributed by atoms with Crippen LogP contribution in [-0.4, -0.2) is 11.6 Å². The van der Waals surface area contributed by atoms with Crippen LogP contribution in [-0.2, 0) is 0 Å². The normalized spacial score (nSPS) is 10.5. The topological polar surface area (TPSA) is 22.1 Å². The number of aromatic nitrogens is 1. The van der Waals surface area contributed by atoms with Gasteiger partial charge in [0.15, 0.2) is 10.8 Å². The Kier molecular flexibility index (Phi) is 4.21. The number of ether oxygens (including phenoxy) is 1. The van der Waals surface area contributed by atoms with Crippen molar-refractivity contribution < 1.29 is 13.5 Å². The van der Waals surface area contributed by atoms with Crippen LogP contribution < -0.4 is 4.74 Å². The predicted octanol–water partition coefficient (Wildman–Crippen LogP) is 3.69. The Hall–Kier alpha value is -0.0700. The van der Waals surface area contributed by atoms with E-state index in [1.165, 1.54) is 12.1 Å². The van der Waals surface area contributed by atoms with Gasteiger partial charge in [0.25, 0.3) is 0 Å². The van der Waals surface area contributed by atoms with Gasteiger partial charge in [-0.05, 0) is 38.7 Å². The first kappa shape index (κ1) is 11.0. The van der Waals surface area contributed by atoms with Crippen LogP contribution in [0.25, 0.3) is 0 Å². The second-order valence-electron chi connectivity index (χ2n) is 1.89. The summed E-state index contributed by atoms with van der Waals surface area (Å²) >= 11 is 3.08. The van der Waals surface area contributed by atoms with Crippen molar-refractivity contribution >= 4 is 37.6 Å². The van der Waals surface area contributed by atoms with Crippen LogP contribution in [0.5, 0.6) is 5.75 Å². The molecule has 0 saturated heterocycles. The molecule has 0 atom stereocenters. The van der Waals surface area contributed by atoms with E-state index in [0.29, 0.717) is 4.60 Å². The number of alkyl halides is 2. The Balaban J connectivity index is 2.92. The zero-order valence-corrected chi connectivity index (χ0v) is 9.17. The Morgan fingerprint density at radius 3 is 2.77 bits per heavy atom. The Morgan fingerprint density at radius 1 is 1.54 bits per heavy atom. The molecule has 0 unspecified atom stereocenters. The molecule has 0 aliphatic heterocycles. The van der Waals surface area contributed by atoms with Gasteiger partial charge in [-0.25, -0.2) is 4.98 Å². The molecule has 0 radical (unpaired) electrons. The molecule has 0 spiro atoms. The average Bonchev–Trinajstić information content (AvgIpc) is 2.07. The third-order valence-corrected chi connectivity index (χ3v) is 2.40. The van der Waals surface area contributed by atoms with Crippen molar-refractivity contribution in [2.75, 3.05) is 0 Å². The minimum absolute atomic E-state index is 0.0294. The van der Waals surface area contributed by atoms with Gasteiger partial charge in [0.2, 0.25) is 0 Å². The molecular weight excluding hydrogens is 287 g/mol. The number of nitrogens with zero attached hydrogens (tertiary/aromatic N) is 1. The summed E-state index contributed by atoms with van der Waals surface area (Å²) in [5.74, 6) is -0.0294. The number of rotatable bonds is 3. The van der Waals surface area contributed by atoms with Crippen molar-refractivity contribution in [1.82, 2.24) is 4.98 Å². The van der Waals surface area contributed by atoms with Crippen LogP contribution in [0.2, 0.25) is 0 Å². The van der Waals surface area contributed by atoms with Crippen LogP contribution in [0, 0.1) is 0 Å². The number of hydrogen-bond acceptors (Lipinski definition) is 3. The van der Waals surface area contributed by atoms with Crippen molar-refractivity contribution in [2.45, 2.75) is 11.6 Å². The molecule has 0 aromatic carbocycles. The SMILES string of the molecule is FC(F)Oc1ccc(Br)nc1SCl. The largest absolute Gasteiger partial charge is 0.432 e. The zero-order valence-electron chi connectivity index (χ0n) is 6.01. The zero-order chi connectivity index (χ0) is 9.84. The molecule has 1 aromatic heterocycles. The summed E-state index contributed by atoms with van der Waals surface area (Å²) in [4.78, 5) is 3.83. The van der Waals surface area contributed by atoms with E-state index in [1.807, 2.05) is 0 Å². The standard InChI is InChI=1S/C6H3BrClF2NOS/c7-4-2-1-3(12-6(9)10)5(11-4)13-8/h1-2,6H. The van der Waals surface area contributed by atoms with Crippen molar-refractivity contribution in [3.63, 3.8) is 0 Å². The van der Waals surface area contributed by atoms with Gasteiger partial charge in [-0.1, -0.05) is 0 Å². The molecule has 7 heteroatoms. The highest BCUT2D eigenvalue weighted by atomic mass is 79.9. The van der Waals surface area contributed by atoms with Gasteiger partial charge >= 0.3 is 6.61 Å². The van der Waals surface area contributed by atoms with E-state index >= 15 is 0 Å². The Bertz CT molecular complexity index is 302. The monoisotopic (exact) mass is 289 g/mol. The molecule has 13 heavy (non-hydrogen) atoms. The first-order chi connectivity index (χ1) is 6.13. The van der Waals surface area contributed by atoms with Crippen LogP contribution >= 0.6 is 37.6 Å². The maximum Gasteiger partial charge on any atom is 0.387 e. The smallest absolute Gasteiger partial charge is 0.387 e. The van der Waals surface area contributed by atoms with Crippen molar-refractivity contribution in [2.24, 2.45) is 0 Å². The van der Waals surface area contributed by atoms with Gasteiger partial charge < -0.3 is 4.74 Å². The number of halogens is 4. The van der Waals surface area contributed by atoms with Crippen LogP contribution in [0.15, 0.2) is 21.8 Å². The third kappa shape index (κ3) is 3.28. The second kappa shape index (κ2) is 4.97. The fourth-order valence-corrected chi connectivity index (χ4v) is 1.73. The van der Waals surface area contributed by atoms with Gasteiger partial charge in [0, 0.05) is 11.0 Å². The fourth-order valence-electron chi connectivity index (χ4n) is 0.646. The van der Waals surface area contributed by atoms with E-state index in [-0.39, 0.29) is 10.8 Å². The fraction of sp³-hybridized carbons (Fsp3) is 0.167. The van der Waals surface area contributed by atoms with E-state index in [1.54, 1.807) is 0 Å². The third-order valence-electron chi connectivity index (χ3n) is 1.08.